The van der Waals surface area contributed by atoms with Gasteiger partial charge >= 0.3 is 0 Å². The summed E-state index contributed by atoms with van der Waals surface area (Å²) in [7, 11) is 1.57. The summed E-state index contributed by atoms with van der Waals surface area (Å²) in [6, 6.07) is 4.83. The number of epoxide rings is 1. The summed E-state index contributed by atoms with van der Waals surface area (Å²) in [5, 5.41) is 8.39. The zero-order chi connectivity index (χ0) is 30.8. The van der Waals surface area contributed by atoms with Gasteiger partial charge in [0, 0.05) is 19.5 Å². The second-order valence-corrected chi connectivity index (χ2v) is 11.4. The van der Waals surface area contributed by atoms with Crippen LogP contribution in [-0.4, -0.2) is 98.7 Å². The number of rotatable bonds is 13. The number of ether oxygens (including phenoxy) is 3. The normalized spacial score (nSPS) is 21.7. The fraction of sp³-hybridized carbons (Fsp3) is 0.562. The molecule has 3 aliphatic rings. The van der Waals surface area contributed by atoms with E-state index in [1.165, 1.54) is 0 Å². The van der Waals surface area contributed by atoms with Gasteiger partial charge in [-0.25, -0.2) is 0 Å². The van der Waals surface area contributed by atoms with Crippen LogP contribution in [0.15, 0.2) is 35.9 Å². The molecule has 1 aromatic carbocycles. The number of methoxy groups -OCH3 is 1. The summed E-state index contributed by atoms with van der Waals surface area (Å²) < 4.78 is 15.9. The van der Waals surface area contributed by atoms with Crippen LogP contribution in [0.1, 0.15) is 45.1 Å². The molecule has 2 heterocycles. The van der Waals surface area contributed by atoms with E-state index in [0.717, 1.165) is 30.4 Å². The molecule has 11 nitrogen and oxygen atoms in total. The molecule has 43 heavy (non-hydrogen) atoms. The predicted molar refractivity (Wildman–Crippen MR) is 159 cm³/mol. The minimum Gasteiger partial charge on any atom is -0.497 e. The van der Waals surface area contributed by atoms with E-state index in [4.69, 9.17) is 14.2 Å². The number of nitrogens with one attached hydrogen (secondary N) is 3. The summed E-state index contributed by atoms with van der Waals surface area (Å²) in [4.78, 5) is 54.2. The Hall–Kier alpha value is -3.72. The van der Waals surface area contributed by atoms with Gasteiger partial charge < -0.3 is 30.2 Å². The monoisotopic (exact) mass is 594 g/mol. The van der Waals surface area contributed by atoms with E-state index in [1.54, 1.807) is 33.1 Å². The van der Waals surface area contributed by atoms with Crippen molar-refractivity contribution in [1.29, 1.82) is 0 Å². The van der Waals surface area contributed by atoms with Crippen LogP contribution in [0.25, 0.3) is 0 Å². The second-order valence-electron chi connectivity index (χ2n) is 11.4. The topological polar surface area (TPSA) is 139 Å². The van der Waals surface area contributed by atoms with Gasteiger partial charge in [-0.3, -0.25) is 24.1 Å². The van der Waals surface area contributed by atoms with Crippen LogP contribution in [0.3, 0.4) is 0 Å². The first-order chi connectivity index (χ1) is 20.6. The molecule has 11 heteroatoms. The van der Waals surface area contributed by atoms with Crippen molar-refractivity contribution in [1.82, 2.24) is 20.9 Å². The molecule has 0 saturated carbocycles. The Morgan fingerprint density at radius 1 is 1.05 bits per heavy atom. The first-order valence-corrected chi connectivity index (χ1v) is 14.9. The quantitative estimate of drug-likeness (QED) is 0.174. The number of ketones is 1. The maximum Gasteiger partial charge on any atom is 0.296 e. The first-order valence-electron chi connectivity index (χ1n) is 14.9. The fourth-order valence-electron chi connectivity index (χ4n) is 5.15. The van der Waals surface area contributed by atoms with Gasteiger partial charge in [-0.05, 0) is 63.1 Å². The highest BCUT2D eigenvalue weighted by Crippen LogP contribution is 2.31. The summed E-state index contributed by atoms with van der Waals surface area (Å²) in [5.41, 5.74) is 1.02. The van der Waals surface area contributed by atoms with E-state index >= 15 is 0 Å². The highest BCUT2D eigenvalue weighted by Gasteiger charge is 2.50. The lowest BCUT2D eigenvalue weighted by Crippen LogP contribution is -2.54. The van der Waals surface area contributed by atoms with Gasteiger partial charge in [-0.1, -0.05) is 29.7 Å². The van der Waals surface area contributed by atoms with Crippen LogP contribution < -0.4 is 20.7 Å². The number of benzene rings is 1. The van der Waals surface area contributed by atoms with Crippen molar-refractivity contribution in [3.8, 4) is 17.6 Å². The van der Waals surface area contributed by atoms with Crippen molar-refractivity contribution in [3.63, 3.8) is 0 Å². The summed E-state index contributed by atoms with van der Waals surface area (Å²) >= 11 is 0. The lowest BCUT2D eigenvalue weighted by Gasteiger charge is -2.26. The molecule has 4 atom stereocenters. The molecule has 0 spiro atoms. The summed E-state index contributed by atoms with van der Waals surface area (Å²) in [6.45, 7) is 6.51. The van der Waals surface area contributed by atoms with Crippen LogP contribution >= 0.6 is 0 Å². The zero-order valence-electron chi connectivity index (χ0n) is 25.2. The van der Waals surface area contributed by atoms with E-state index < -0.39 is 35.5 Å². The van der Waals surface area contributed by atoms with Crippen LogP contribution in [0.2, 0.25) is 0 Å². The van der Waals surface area contributed by atoms with Crippen molar-refractivity contribution in [2.24, 2.45) is 0 Å². The third kappa shape index (κ3) is 9.92. The van der Waals surface area contributed by atoms with Gasteiger partial charge in [0.2, 0.25) is 11.8 Å². The van der Waals surface area contributed by atoms with E-state index in [1.807, 2.05) is 17.0 Å². The number of carbonyl (C=O) groups is 4. The van der Waals surface area contributed by atoms with Crippen molar-refractivity contribution in [3.05, 3.63) is 41.5 Å². The number of hydrogen-bond acceptors (Lipinski definition) is 8. The zero-order valence-corrected chi connectivity index (χ0v) is 25.2. The average Bonchev–Trinajstić information content (AvgIpc) is 3.54. The number of allylic oxidation sites excluding steroid dienone is 1. The van der Waals surface area contributed by atoms with Crippen molar-refractivity contribution in [2.45, 2.75) is 69.7 Å². The molecule has 0 aromatic heterocycles. The molecule has 3 amide bonds. The highest BCUT2D eigenvalue weighted by molar-refractivity contribution is 6.00. The maximum atomic E-state index is 13.6. The lowest BCUT2D eigenvalue weighted by atomic mass is 9.94. The molecular weight excluding hydrogens is 552 g/mol. The van der Waals surface area contributed by atoms with Crippen molar-refractivity contribution < 1.29 is 33.4 Å². The Balaban J connectivity index is 1.42. The van der Waals surface area contributed by atoms with Crippen molar-refractivity contribution >= 4 is 23.5 Å². The van der Waals surface area contributed by atoms with Gasteiger partial charge in [0.1, 0.15) is 17.4 Å². The van der Waals surface area contributed by atoms with E-state index in [2.05, 4.69) is 33.9 Å². The minimum atomic E-state index is -0.998. The van der Waals surface area contributed by atoms with Gasteiger partial charge in [-0.2, -0.15) is 0 Å². The molecule has 0 radical (unpaired) electrons. The van der Waals surface area contributed by atoms with Crippen LogP contribution in [-0.2, 0) is 35.1 Å². The van der Waals surface area contributed by atoms with Crippen LogP contribution in [0, 0.1) is 11.8 Å². The summed E-state index contributed by atoms with van der Waals surface area (Å²) in [5.74, 6) is 4.39. The van der Waals surface area contributed by atoms with Gasteiger partial charge in [-0.15, -0.1) is 0 Å². The Morgan fingerprint density at radius 2 is 1.77 bits per heavy atom. The third-order valence-corrected chi connectivity index (χ3v) is 7.80. The molecular formula is C32H42N4O7. The van der Waals surface area contributed by atoms with Gasteiger partial charge in [0.15, 0.2) is 5.78 Å². The number of morpholine rings is 1. The Morgan fingerprint density at radius 3 is 2.40 bits per heavy atom. The highest BCUT2D eigenvalue weighted by atomic mass is 16.6. The fourth-order valence-corrected chi connectivity index (χ4v) is 5.15. The number of carbonyl (C=O) groups excluding carboxylic acids is 4. The standard InChI is InChI=1S/C32H42N4O7/c1-22(33-29(38)20-36-14-16-42-17-15-36)8-13-28(37)34-27(19-24-9-11-25(41-3)12-10-24)31(40)35-26(18-23-6-4-5-7-23)30(39)32(2)21-43-32/h6,9-12,22,26-27H,4-5,7,14-21H2,1-3H3,(H,33,38)(H,34,37)(H,35,40)/t22-,26-,27-,32+/m0/s1. The maximum absolute atomic E-state index is 13.6. The summed E-state index contributed by atoms with van der Waals surface area (Å²) in [6.07, 6.45) is 5.58. The molecule has 2 saturated heterocycles. The Labute approximate surface area is 253 Å². The van der Waals surface area contributed by atoms with Crippen LogP contribution in [0.4, 0.5) is 0 Å². The number of nitrogens with zero attached hydrogens (tertiary/aromatic N) is 1. The Bertz CT molecular complexity index is 1260. The molecule has 4 rings (SSSR count). The lowest BCUT2D eigenvalue weighted by molar-refractivity contribution is -0.132. The molecule has 2 fully saturated rings. The predicted octanol–water partition coefficient (Wildman–Crippen LogP) is 0.906. The number of hydrogen-bond donors (Lipinski definition) is 3. The largest absolute Gasteiger partial charge is 0.497 e. The molecule has 1 aliphatic carbocycles. The van der Waals surface area contributed by atoms with E-state index in [9.17, 15) is 19.2 Å². The second kappa shape index (κ2) is 15.1. The van der Waals surface area contributed by atoms with Crippen molar-refractivity contribution in [2.75, 3.05) is 46.6 Å². The SMILES string of the molecule is COc1ccc(C[C@H](NC(=O)C#C[C@H](C)NC(=O)CN2CCOCC2)C(=O)N[C@@H](CC2=CCCC2)C(=O)[C@@]2(C)CO2)cc1. The molecule has 2 aliphatic heterocycles. The third-order valence-electron chi connectivity index (χ3n) is 7.80. The molecule has 0 unspecified atom stereocenters. The smallest absolute Gasteiger partial charge is 0.296 e. The molecule has 1 aromatic rings. The molecule has 3 N–H and O–H groups in total. The minimum absolute atomic E-state index is 0.173. The van der Waals surface area contributed by atoms with E-state index in [-0.39, 0.29) is 24.7 Å². The molecule has 232 valence electrons. The average molecular weight is 595 g/mol. The molecule has 0 bridgehead atoms. The van der Waals surface area contributed by atoms with Gasteiger partial charge in [0.05, 0.1) is 45.6 Å². The number of amides is 3. The Kier molecular flexibility index (Phi) is 11.3. The number of Topliss-reactive ketones (excluding diaryl/α,β-unsaturated/α-hetero) is 1. The van der Waals surface area contributed by atoms with Gasteiger partial charge in [0.25, 0.3) is 5.91 Å². The van der Waals surface area contributed by atoms with Crippen LogP contribution in [0.5, 0.6) is 5.75 Å². The first kappa shape index (κ1) is 32.2. The van der Waals surface area contributed by atoms with E-state index in [0.29, 0.717) is 45.1 Å².